The van der Waals surface area contributed by atoms with Crippen LogP contribution in [0.15, 0.2) is 18.2 Å². The normalized spacial score (nSPS) is 37.8. The van der Waals surface area contributed by atoms with Crippen LogP contribution in [0.4, 0.5) is 5.69 Å². The summed E-state index contributed by atoms with van der Waals surface area (Å²) in [4.78, 5) is 2.48. The Morgan fingerprint density at radius 3 is 3.17 bits per heavy atom. The maximum absolute atomic E-state index is 6.30. The average molecular weight is 244 g/mol. The molecule has 0 spiro atoms. The summed E-state index contributed by atoms with van der Waals surface area (Å²) in [5.74, 6) is 1.08. The van der Waals surface area contributed by atoms with Crippen molar-refractivity contribution < 1.29 is 4.74 Å². The van der Waals surface area contributed by atoms with Gasteiger partial charge in [0.05, 0.1) is 0 Å². The molecule has 1 aromatic rings. The summed E-state index contributed by atoms with van der Waals surface area (Å²) in [6.45, 7) is 1.18. The van der Waals surface area contributed by atoms with Gasteiger partial charge in [-0.15, -0.1) is 0 Å². The Bertz CT molecular complexity index is 501. The van der Waals surface area contributed by atoms with Crippen molar-refractivity contribution in [2.45, 2.75) is 43.2 Å². The Hall–Kier alpha value is -1.22. The molecule has 2 fully saturated rings. The van der Waals surface area contributed by atoms with Crippen molar-refractivity contribution in [1.82, 2.24) is 4.90 Å². The van der Waals surface area contributed by atoms with Gasteiger partial charge < -0.3 is 10.5 Å². The van der Waals surface area contributed by atoms with Crippen LogP contribution in [0.3, 0.4) is 0 Å². The Morgan fingerprint density at radius 2 is 2.28 bits per heavy atom. The van der Waals surface area contributed by atoms with Crippen molar-refractivity contribution in [1.29, 1.82) is 0 Å². The van der Waals surface area contributed by atoms with Crippen molar-refractivity contribution in [2.75, 3.05) is 19.3 Å². The number of rotatable bonds is 0. The van der Waals surface area contributed by atoms with E-state index in [1.165, 1.54) is 37.8 Å². The maximum atomic E-state index is 6.30. The number of likely N-dealkylation sites (N-methyl/N-ethyl adjacent to an activating group) is 1. The lowest BCUT2D eigenvalue weighted by Crippen LogP contribution is -2.60. The lowest BCUT2D eigenvalue weighted by atomic mass is 9.62. The summed E-state index contributed by atoms with van der Waals surface area (Å²) in [5, 5.41) is 0. The maximum Gasteiger partial charge on any atom is 0.124 e. The number of fused-ring (bicyclic) bond motifs is 1. The van der Waals surface area contributed by atoms with Crippen LogP contribution in [0.2, 0.25) is 0 Å². The molecule has 1 saturated heterocycles. The minimum Gasteiger partial charge on any atom is -0.488 e. The van der Waals surface area contributed by atoms with E-state index in [4.69, 9.17) is 10.5 Å². The number of nitrogens with zero attached hydrogens (tertiary/aromatic N) is 1. The minimum absolute atomic E-state index is 0.250. The molecule has 96 valence electrons. The third-order valence-corrected chi connectivity index (χ3v) is 5.29. The van der Waals surface area contributed by atoms with E-state index in [-0.39, 0.29) is 5.41 Å². The van der Waals surface area contributed by atoms with Crippen molar-refractivity contribution in [3.63, 3.8) is 0 Å². The predicted molar refractivity (Wildman–Crippen MR) is 71.8 cm³/mol. The average Bonchev–Trinajstić information content (AvgIpc) is 2.69. The highest BCUT2D eigenvalue weighted by atomic mass is 16.5. The van der Waals surface area contributed by atoms with Gasteiger partial charge in [-0.1, -0.05) is 6.42 Å². The molecule has 3 atom stereocenters. The molecule has 1 aromatic carbocycles. The first kappa shape index (κ1) is 10.7. The molecular formula is C15H20N2O. The molecule has 3 heteroatoms. The molecule has 1 aliphatic carbocycles. The molecule has 2 aliphatic heterocycles. The first-order valence-corrected chi connectivity index (χ1v) is 6.98. The van der Waals surface area contributed by atoms with E-state index in [1.54, 1.807) is 0 Å². The van der Waals surface area contributed by atoms with Crippen LogP contribution in [-0.2, 0) is 5.41 Å². The topological polar surface area (TPSA) is 38.5 Å². The van der Waals surface area contributed by atoms with Crippen LogP contribution < -0.4 is 10.5 Å². The van der Waals surface area contributed by atoms with Crippen molar-refractivity contribution in [3.8, 4) is 5.75 Å². The van der Waals surface area contributed by atoms with Gasteiger partial charge in [-0.2, -0.15) is 0 Å². The summed E-state index contributed by atoms with van der Waals surface area (Å²) >= 11 is 0. The number of likely N-dealkylation sites (tertiary alicyclic amines) is 1. The number of nitrogens with two attached hydrogens (primary N) is 1. The second-order valence-electron chi connectivity index (χ2n) is 6.14. The van der Waals surface area contributed by atoms with Gasteiger partial charge in [0.25, 0.3) is 0 Å². The summed E-state index contributed by atoms with van der Waals surface area (Å²) in [6, 6.07) is 6.76. The highest BCUT2D eigenvalue weighted by molar-refractivity contribution is 5.55. The molecule has 2 N–H and O–H groups in total. The number of piperidine rings is 1. The standard InChI is InChI=1S/C15H20N2O/c1-17-8-7-15-6-2-3-12(17)14(15)18-13-5-4-10(16)9-11(13)15/h4-5,9,12,14H,2-3,6-8,16H2,1H3/t12?,14-,15-/m1/s1. The summed E-state index contributed by atoms with van der Waals surface area (Å²) < 4.78 is 6.30. The molecule has 1 unspecified atom stereocenters. The molecule has 2 heterocycles. The zero-order valence-corrected chi connectivity index (χ0v) is 10.9. The molecule has 0 amide bonds. The predicted octanol–water partition coefficient (Wildman–Crippen LogP) is 2.16. The monoisotopic (exact) mass is 244 g/mol. The van der Waals surface area contributed by atoms with Crippen LogP contribution in [0.25, 0.3) is 0 Å². The van der Waals surface area contributed by atoms with Gasteiger partial charge in [0, 0.05) is 22.7 Å². The fraction of sp³-hybridized carbons (Fsp3) is 0.600. The van der Waals surface area contributed by atoms with E-state index in [1.807, 2.05) is 6.07 Å². The van der Waals surface area contributed by atoms with Crippen LogP contribution in [-0.4, -0.2) is 30.6 Å². The van der Waals surface area contributed by atoms with Crippen LogP contribution in [0.1, 0.15) is 31.2 Å². The van der Waals surface area contributed by atoms with Gasteiger partial charge in [0.15, 0.2) is 0 Å². The van der Waals surface area contributed by atoms with Gasteiger partial charge in [0.2, 0.25) is 0 Å². The quantitative estimate of drug-likeness (QED) is 0.711. The molecule has 1 saturated carbocycles. The molecule has 18 heavy (non-hydrogen) atoms. The summed E-state index contributed by atoms with van der Waals surface area (Å²) in [6.07, 6.45) is 5.40. The van der Waals surface area contributed by atoms with Gasteiger partial charge in [-0.3, -0.25) is 4.90 Å². The Labute approximate surface area is 108 Å². The number of hydrogen-bond acceptors (Lipinski definition) is 3. The second-order valence-corrected chi connectivity index (χ2v) is 6.14. The molecule has 3 nitrogen and oxygen atoms in total. The number of nitrogen functional groups attached to an aromatic ring is 1. The summed E-state index contributed by atoms with van der Waals surface area (Å²) in [5.41, 5.74) is 8.48. The van der Waals surface area contributed by atoms with Crippen LogP contribution in [0, 0.1) is 0 Å². The highest BCUT2D eigenvalue weighted by Crippen LogP contribution is 2.55. The van der Waals surface area contributed by atoms with E-state index < -0.39 is 0 Å². The van der Waals surface area contributed by atoms with Crippen molar-refractivity contribution in [3.05, 3.63) is 23.8 Å². The minimum atomic E-state index is 0.250. The lowest BCUT2D eigenvalue weighted by Gasteiger charge is -2.51. The number of benzene rings is 1. The van der Waals surface area contributed by atoms with Crippen molar-refractivity contribution >= 4 is 5.69 Å². The lowest BCUT2D eigenvalue weighted by molar-refractivity contribution is -0.0303. The smallest absolute Gasteiger partial charge is 0.124 e. The zero-order valence-electron chi connectivity index (χ0n) is 10.9. The third kappa shape index (κ3) is 1.18. The van der Waals surface area contributed by atoms with Gasteiger partial charge in [0.1, 0.15) is 11.9 Å². The fourth-order valence-electron chi connectivity index (χ4n) is 4.34. The number of anilines is 1. The summed E-state index contributed by atoms with van der Waals surface area (Å²) in [7, 11) is 2.24. The van der Waals surface area contributed by atoms with E-state index in [2.05, 4.69) is 24.1 Å². The van der Waals surface area contributed by atoms with Crippen LogP contribution in [0.5, 0.6) is 5.75 Å². The Morgan fingerprint density at radius 1 is 1.39 bits per heavy atom. The van der Waals surface area contributed by atoms with Gasteiger partial charge >= 0.3 is 0 Å². The molecule has 0 aromatic heterocycles. The first-order valence-electron chi connectivity index (χ1n) is 6.98. The van der Waals surface area contributed by atoms with E-state index in [0.29, 0.717) is 12.1 Å². The molecule has 4 rings (SSSR count). The highest BCUT2D eigenvalue weighted by Gasteiger charge is 2.57. The number of ether oxygens (including phenoxy) is 1. The molecule has 3 aliphatic rings. The fourth-order valence-corrected chi connectivity index (χ4v) is 4.34. The number of hydrogen-bond donors (Lipinski definition) is 1. The zero-order chi connectivity index (χ0) is 12.3. The molecular weight excluding hydrogens is 224 g/mol. The Balaban J connectivity index is 1.87. The van der Waals surface area contributed by atoms with E-state index in [9.17, 15) is 0 Å². The van der Waals surface area contributed by atoms with E-state index >= 15 is 0 Å². The van der Waals surface area contributed by atoms with Gasteiger partial charge in [-0.25, -0.2) is 0 Å². The Kier molecular flexibility index (Phi) is 2.03. The van der Waals surface area contributed by atoms with Crippen LogP contribution >= 0.6 is 0 Å². The first-order chi connectivity index (χ1) is 8.71. The largest absolute Gasteiger partial charge is 0.488 e. The molecule has 2 bridgehead atoms. The second kappa shape index (κ2) is 3.41. The molecule has 0 radical (unpaired) electrons. The SMILES string of the molecule is CN1CC[C@@]23CCCC1[C@H]2Oc1ccc(N)cc13. The van der Waals surface area contributed by atoms with E-state index in [0.717, 1.165) is 11.4 Å². The van der Waals surface area contributed by atoms with Crippen molar-refractivity contribution in [2.24, 2.45) is 0 Å². The van der Waals surface area contributed by atoms with Gasteiger partial charge in [-0.05, 0) is 51.1 Å². The third-order valence-electron chi connectivity index (χ3n) is 5.29.